The first-order chi connectivity index (χ1) is 38.0. The zero-order valence-electron chi connectivity index (χ0n) is 41.8. The first-order valence-corrected chi connectivity index (χ1v) is 25.0. The second-order valence-corrected chi connectivity index (χ2v) is 18.3. The van der Waals surface area contributed by atoms with E-state index in [0.29, 0.717) is 0 Å². The van der Waals surface area contributed by atoms with Gasteiger partial charge in [-0.05, 0) is 68.3 Å². The van der Waals surface area contributed by atoms with Gasteiger partial charge in [0.2, 0.25) is 0 Å². The van der Waals surface area contributed by atoms with Crippen LogP contribution in [0.3, 0.4) is 0 Å². The van der Waals surface area contributed by atoms with E-state index in [0.717, 1.165) is 27.8 Å². The Morgan fingerprint density at radius 3 is 1.30 bits per heavy atom. The molecule has 0 aromatic heterocycles. The maximum absolute atomic E-state index is 10.3. The lowest BCUT2D eigenvalue weighted by Gasteiger charge is -2.50. The van der Waals surface area contributed by atoms with Crippen molar-refractivity contribution in [2.45, 2.75) is 131 Å². The zero-order valence-corrected chi connectivity index (χ0v) is 41.8. The third-order valence-corrected chi connectivity index (χ3v) is 13.3. The summed E-state index contributed by atoms with van der Waals surface area (Å²) >= 11 is 0. The number of ether oxygens (including phenoxy) is 9. The molecule has 5 aromatic carbocycles. The molecule has 0 bridgehead atoms. The number of hydrogen-bond acceptors (Lipinski definition) is 14. The fraction of sp³-hybridized carbons (Fsp3) is 0.434. The van der Waals surface area contributed by atoms with Gasteiger partial charge < -0.3 is 42.6 Å². The smallest absolute Gasteiger partial charge is 0.185 e. The van der Waals surface area contributed by atoms with Crippen molar-refractivity contribution >= 4 is 0 Å². The molecule has 398 valence electrons. The van der Waals surface area contributed by atoms with Crippen molar-refractivity contribution in [2.24, 2.45) is 25.6 Å². The Labute approximate surface area is 443 Å². The van der Waals surface area contributed by atoms with Crippen molar-refractivity contribution in [1.82, 2.24) is 0 Å². The van der Waals surface area contributed by atoms with Crippen molar-refractivity contribution in [1.29, 1.82) is 0 Å². The van der Waals surface area contributed by atoms with Gasteiger partial charge in [-0.2, -0.15) is 0 Å². The molecular formula is C53H57N15O9. The normalized spacial score (nSPS) is 27.7. The summed E-state index contributed by atoms with van der Waals surface area (Å²) in [5, 5.41) is 20.6. The van der Waals surface area contributed by atoms with Crippen molar-refractivity contribution < 1.29 is 42.6 Å². The minimum absolute atomic E-state index is 0.0166. The Morgan fingerprint density at radius 2 is 0.818 bits per heavy atom. The number of benzene rings is 5. The Hall–Kier alpha value is -7.71. The molecule has 0 radical (unpaired) electrons. The van der Waals surface area contributed by atoms with E-state index in [1.165, 1.54) is 0 Å². The molecule has 0 N–H and O–H groups in total. The quantitative estimate of drug-likeness (QED) is 0.0288. The van der Waals surface area contributed by atoms with Crippen LogP contribution in [-0.2, 0) is 75.7 Å². The summed E-state index contributed by atoms with van der Waals surface area (Å²) in [5.74, 6) is 0. The molecule has 0 spiro atoms. The molecule has 3 aliphatic rings. The average molecular weight is 1050 g/mol. The third-order valence-electron chi connectivity index (χ3n) is 13.3. The van der Waals surface area contributed by atoms with Crippen LogP contribution in [0.1, 0.15) is 40.7 Å². The lowest BCUT2D eigenvalue weighted by atomic mass is 9.83. The molecule has 1 aliphatic carbocycles. The fourth-order valence-corrected chi connectivity index (χ4v) is 9.59. The van der Waals surface area contributed by atoms with Crippen LogP contribution in [0.5, 0.6) is 0 Å². The standard InChI is InChI=1S/C53H57N15O9/c54-64-59-28-44-43(70-30-36-18-8-2-9-19-36)27-42(62-67-57)52(74-44)76-47-40(60-65-55)26-41(61-66-56)48(51(47)73-33-39-24-14-5-15-25-39)77-53-50(72-32-38-22-12-4-13-23-38)46(63-68-58)49(71-31-37-20-10-3-11-21-37)45(75-53)34-69-29-35-16-6-1-7-17-35/h1-25,40-53H,26-34H2. The third kappa shape index (κ3) is 15.7. The van der Waals surface area contributed by atoms with Gasteiger partial charge in [-0.1, -0.05) is 177 Å². The van der Waals surface area contributed by atoms with Gasteiger partial charge in [0.1, 0.15) is 18.3 Å². The second-order valence-electron chi connectivity index (χ2n) is 18.3. The highest BCUT2D eigenvalue weighted by Crippen LogP contribution is 2.39. The van der Waals surface area contributed by atoms with Gasteiger partial charge in [-0.3, -0.25) is 0 Å². The van der Waals surface area contributed by atoms with Gasteiger partial charge in [0, 0.05) is 24.6 Å². The molecular weight excluding hydrogens is 991 g/mol. The number of nitrogens with zero attached hydrogens (tertiary/aromatic N) is 15. The van der Waals surface area contributed by atoms with Gasteiger partial charge in [-0.25, -0.2) is 0 Å². The molecule has 3 fully saturated rings. The van der Waals surface area contributed by atoms with Crippen molar-refractivity contribution in [3.05, 3.63) is 232 Å². The summed E-state index contributed by atoms with van der Waals surface area (Å²) in [7, 11) is 0. The Morgan fingerprint density at radius 1 is 0.403 bits per heavy atom. The molecule has 8 rings (SSSR count). The van der Waals surface area contributed by atoms with E-state index in [9.17, 15) is 27.7 Å². The molecule has 2 aliphatic heterocycles. The van der Waals surface area contributed by atoms with Gasteiger partial charge in [0.05, 0.1) is 101 Å². The van der Waals surface area contributed by atoms with Crippen molar-refractivity contribution in [3.8, 4) is 0 Å². The predicted octanol–water partition coefficient (Wildman–Crippen LogP) is 11.6. The predicted molar refractivity (Wildman–Crippen MR) is 278 cm³/mol. The number of rotatable bonds is 26. The molecule has 2 heterocycles. The van der Waals surface area contributed by atoms with E-state index in [2.05, 4.69) is 50.1 Å². The van der Waals surface area contributed by atoms with Crippen LogP contribution in [-0.4, -0.2) is 98.7 Å². The minimum Gasteiger partial charge on any atom is -0.374 e. The van der Waals surface area contributed by atoms with E-state index < -0.39 is 85.6 Å². The van der Waals surface area contributed by atoms with Crippen LogP contribution in [0.15, 0.2) is 177 Å². The highest BCUT2D eigenvalue weighted by Gasteiger charge is 2.54. The molecule has 2 saturated heterocycles. The first kappa shape index (κ1) is 55.5. The van der Waals surface area contributed by atoms with E-state index in [1.807, 2.05) is 152 Å². The highest BCUT2D eigenvalue weighted by molar-refractivity contribution is 5.18. The van der Waals surface area contributed by atoms with E-state index in [1.54, 1.807) is 0 Å². The van der Waals surface area contributed by atoms with Gasteiger partial charge in [0.15, 0.2) is 12.6 Å². The monoisotopic (exact) mass is 1050 g/mol. The Bertz CT molecular complexity index is 2840. The molecule has 1 saturated carbocycles. The number of azide groups is 5. The SMILES string of the molecule is [N-]=[N+]=NCC1OC(OC2C(N=[N+]=[N-])CC(N=[N+]=[N-])C(OC3OC(COCc4ccccc4)C(OCc4ccccc4)C(N=[N+]=[N-])C3OCc3ccccc3)C2OCc2ccccc2)C(N=[N+]=[N-])CC1OCc1ccccc1. The Kier molecular flexibility index (Phi) is 21.3. The highest BCUT2D eigenvalue weighted by atomic mass is 16.7. The van der Waals surface area contributed by atoms with Crippen LogP contribution in [0.4, 0.5) is 0 Å². The summed E-state index contributed by atoms with van der Waals surface area (Å²) in [6.45, 7) is 0.215. The molecule has 14 unspecified atom stereocenters. The summed E-state index contributed by atoms with van der Waals surface area (Å²) in [6.07, 6.45) is -11.5. The van der Waals surface area contributed by atoms with Crippen LogP contribution >= 0.6 is 0 Å². The molecule has 24 heteroatoms. The summed E-state index contributed by atoms with van der Waals surface area (Å²) < 4.78 is 60.3. The van der Waals surface area contributed by atoms with Crippen molar-refractivity contribution in [2.75, 3.05) is 13.2 Å². The maximum atomic E-state index is 10.3. The van der Waals surface area contributed by atoms with Gasteiger partial charge >= 0.3 is 0 Å². The molecule has 14 atom stereocenters. The maximum Gasteiger partial charge on any atom is 0.185 e. The molecule has 77 heavy (non-hydrogen) atoms. The lowest BCUT2D eigenvalue weighted by molar-refractivity contribution is -0.330. The molecule has 24 nitrogen and oxygen atoms in total. The van der Waals surface area contributed by atoms with E-state index >= 15 is 0 Å². The molecule has 0 amide bonds. The average Bonchev–Trinajstić information content (AvgIpc) is 3.47. The van der Waals surface area contributed by atoms with Gasteiger partial charge in [-0.15, -0.1) is 0 Å². The lowest BCUT2D eigenvalue weighted by Crippen LogP contribution is -2.64. The first-order valence-electron chi connectivity index (χ1n) is 25.0. The topological polar surface area (TPSA) is 327 Å². The number of hydrogen-bond donors (Lipinski definition) is 0. The van der Waals surface area contributed by atoms with Crippen LogP contribution < -0.4 is 0 Å². The summed E-state index contributed by atoms with van der Waals surface area (Å²) in [5.41, 5.74) is 54.0. The summed E-state index contributed by atoms with van der Waals surface area (Å²) in [6, 6.07) is 42.6. The Balaban J connectivity index is 1.18. The molecule has 5 aromatic rings. The van der Waals surface area contributed by atoms with Crippen molar-refractivity contribution in [3.63, 3.8) is 0 Å². The van der Waals surface area contributed by atoms with E-state index in [-0.39, 0.29) is 59.0 Å². The van der Waals surface area contributed by atoms with E-state index in [4.69, 9.17) is 42.6 Å². The van der Waals surface area contributed by atoms with Gasteiger partial charge in [0.25, 0.3) is 0 Å². The zero-order chi connectivity index (χ0) is 53.4. The summed E-state index contributed by atoms with van der Waals surface area (Å²) in [4.78, 5) is 15.7. The fourth-order valence-electron chi connectivity index (χ4n) is 9.59. The van der Waals surface area contributed by atoms with Crippen LogP contribution in [0.2, 0.25) is 0 Å². The minimum atomic E-state index is -1.42. The largest absolute Gasteiger partial charge is 0.374 e. The second kappa shape index (κ2) is 29.6. The van der Waals surface area contributed by atoms with Crippen LogP contribution in [0.25, 0.3) is 52.2 Å². The van der Waals surface area contributed by atoms with Crippen LogP contribution in [0, 0.1) is 0 Å².